The van der Waals surface area contributed by atoms with Gasteiger partial charge in [0.2, 0.25) is 5.95 Å². The second-order valence-electron chi connectivity index (χ2n) is 5.93. The zero-order chi connectivity index (χ0) is 16.5. The van der Waals surface area contributed by atoms with Gasteiger partial charge in [0.1, 0.15) is 5.82 Å². The van der Waals surface area contributed by atoms with Gasteiger partial charge in [-0.15, -0.1) is 0 Å². The SMILES string of the molecule is CC1Cc2ccccc2N1c1nccc(Nc2cccc(Br)c2)n1. The molecule has 0 aliphatic carbocycles. The van der Waals surface area contributed by atoms with E-state index in [-0.39, 0.29) is 0 Å². The van der Waals surface area contributed by atoms with E-state index >= 15 is 0 Å². The number of nitrogens with one attached hydrogen (secondary N) is 1. The van der Waals surface area contributed by atoms with Crippen molar-refractivity contribution in [2.75, 3.05) is 10.2 Å². The molecule has 120 valence electrons. The van der Waals surface area contributed by atoms with Crippen molar-refractivity contribution >= 4 is 39.1 Å². The zero-order valence-corrected chi connectivity index (χ0v) is 14.9. The molecule has 5 heteroatoms. The van der Waals surface area contributed by atoms with Crippen molar-refractivity contribution in [3.63, 3.8) is 0 Å². The molecule has 0 spiro atoms. The third-order valence-corrected chi connectivity index (χ3v) is 4.66. The highest BCUT2D eigenvalue weighted by Gasteiger charge is 2.28. The molecule has 2 aromatic carbocycles. The quantitative estimate of drug-likeness (QED) is 0.688. The van der Waals surface area contributed by atoms with Gasteiger partial charge < -0.3 is 10.2 Å². The van der Waals surface area contributed by atoms with Crippen molar-refractivity contribution < 1.29 is 0 Å². The van der Waals surface area contributed by atoms with Gasteiger partial charge in [-0.25, -0.2) is 4.98 Å². The highest BCUT2D eigenvalue weighted by Crippen LogP contribution is 2.36. The molecule has 0 saturated carbocycles. The number of anilines is 4. The maximum Gasteiger partial charge on any atom is 0.232 e. The Morgan fingerprint density at radius 1 is 1.12 bits per heavy atom. The van der Waals surface area contributed by atoms with Crippen LogP contribution in [0.25, 0.3) is 0 Å². The first-order valence-electron chi connectivity index (χ1n) is 7.93. The Balaban J connectivity index is 1.66. The Kier molecular flexibility index (Phi) is 3.94. The smallest absolute Gasteiger partial charge is 0.232 e. The maximum absolute atomic E-state index is 4.72. The molecule has 2 heterocycles. The summed E-state index contributed by atoms with van der Waals surface area (Å²) in [6.07, 6.45) is 2.82. The van der Waals surface area contributed by atoms with Crippen molar-refractivity contribution in [2.45, 2.75) is 19.4 Å². The average molecular weight is 381 g/mol. The lowest BCUT2D eigenvalue weighted by Gasteiger charge is -2.23. The summed E-state index contributed by atoms with van der Waals surface area (Å²) in [5.41, 5.74) is 3.53. The minimum absolute atomic E-state index is 0.350. The molecule has 0 fully saturated rings. The highest BCUT2D eigenvalue weighted by atomic mass is 79.9. The van der Waals surface area contributed by atoms with Crippen LogP contribution in [0, 0.1) is 0 Å². The van der Waals surface area contributed by atoms with Gasteiger partial charge in [-0.05, 0) is 49.2 Å². The van der Waals surface area contributed by atoms with Crippen LogP contribution in [0.2, 0.25) is 0 Å². The van der Waals surface area contributed by atoms with Gasteiger partial charge >= 0.3 is 0 Å². The summed E-state index contributed by atoms with van der Waals surface area (Å²) >= 11 is 3.49. The lowest BCUT2D eigenvalue weighted by molar-refractivity contribution is 0.740. The largest absolute Gasteiger partial charge is 0.340 e. The fourth-order valence-electron chi connectivity index (χ4n) is 3.12. The average Bonchev–Trinajstić information content (AvgIpc) is 2.91. The van der Waals surface area contributed by atoms with Crippen LogP contribution in [0.5, 0.6) is 0 Å². The molecule has 1 aliphatic rings. The maximum atomic E-state index is 4.72. The van der Waals surface area contributed by atoms with E-state index in [1.807, 2.05) is 30.3 Å². The van der Waals surface area contributed by atoms with Crippen LogP contribution in [0.3, 0.4) is 0 Å². The molecule has 4 nitrogen and oxygen atoms in total. The van der Waals surface area contributed by atoms with E-state index in [2.05, 4.69) is 62.3 Å². The molecule has 0 bridgehead atoms. The molecule has 1 atom stereocenters. The Hall–Kier alpha value is -2.40. The Morgan fingerprint density at radius 2 is 2.00 bits per heavy atom. The minimum atomic E-state index is 0.350. The van der Waals surface area contributed by atoms with Crippen LogP contribution < -0.4 is 10.2 Å². The summed E-state index contributed by atoms with van der Waals surface area (Å²) in [6.45, 7) is 2.21. The second-order valence-corrected chi connectivity index (χ2v) is 6.84. The van der Waals surface area contributed by atoms with Crippen molar-refractivity contribution in [2.24, 2.45) is 0 Å². The van der Waals surface area contributed by atoms with Crippen LogP contribution in [0.1, 0.15) is 12.5 Å². The van der Waals surface area contributed by atoms with Crippen LogP contribution in [-0.4, -0.2) is 16.0 Å². The van der Waals surface area contributed by atoms with Gasteiger partial charge in [0.05, 0.1) is 0 Å². The van der Waals surface area contributed by atoms with E-state index in [0.717, 1.165) is 28.3 Å². The molecule has 4 rings (SSSR count). The van der Waals surface area contributed by atoms with Gasteiger partial charge in [0.25, 0.3) is 0 Å². The van der Waals surface area contributed by atoms with Crippen LogP contribution >= 0.6 is 15.9 Å². The number of para-hydroxylation sites is 1. The Morgan fingerprint density at radius 3 is 2.88 bits per heavy atom. The molecule has 3 aromatic rings. The van der Waals surface area contributed by atoms with E-state index in [1.54, 1.807) is 6.20 Å². The summed E-state index contributed by atoms with van der Waals surface area (Å²) in [6, 6.07) is 18.7. The van der Waals surface area contributed by atoms with Gasteiger partial charge in [0, 0.05) is 28.1 Å². The predicted octanol–water partition coefficient (Wildman–Crippen LogP) is 5.07. The molecule has 1 unspecified atom stereocenters. The molecule has 24 heavy (non-hydrogen) atoms. The standard InChI is InChI=1S/C19H17BrN4/c1-13-11-14-5-2-3-8-17(14)24(13)19-21-10-9-18(23-19)22-16-7-4-6-15(20)12-16/h2-10,12-13H,11H2,1H3,(H,21,22,23). The normalized spacial score (nSPS) is 16.1. The van der Waals surface area contributed by atoms with E-state index in [4.69, 9.17) is 4.98 Å². The summed E-state index contributed by atoms with van der Waals surface area (Å²) < 4.78 is 1.03. The number of fused-ring (bicyclic) bond motifs is 1. The Bertz CT molecular complexity index is 881. The highest BCUT2D eigenvalue weighted by molar-refractivity contribution is 9.10. The van der Waals surface area contributed by atoms with E-state index in [1.165, 1.54) is 11.3 Å². The second kappa shape index (κ2) is 6.24. The third-order valence-electron chi connectivity index (χ3n) is 4.16. The Labute approximate surface area is 149 Å². The summed E-state index contributed by atoms with van der Waals surface area (Å²) in [5.74, 6) is 1.52. The summed E-state index contributed by atoms with van der Waals surface area (Å²) in [4.78, 5) is 11.4. The van der Waals surface area contributed by atoms with Crippen molar-refractivity contribution in [1.82, 2.24) is 9.97 Å². The molecular weight excluding hydrogens is 364 g/mol. The fourth-order valence-corrected chi connectivity index (χ4v) is 3.52. The first kappa shape index (κ1) is 15.1. The van der Waals surface area contributed by atoms with Crippen molar-refractivity contribution in [3.8, 4) is 0 Å². The monoisotopic (exact) mass is 380 g/mol. The number of hydrogen-bond acceptors (Lipinski definition) is 4. The molecule has 1 aliphatic heterocycles. The van der Waals surface area contributed by atoms with Gasteiger partial charge in [0.15, 0.2) is 0 Å². The van der Waals surface area contributed by atoms with E-state index in [0.29, 0.717) is 6.04 Å². The summed E-state index contributed by atoms with van der Waals surface area (Å²) in [5, 5.41) is 3.34. The van der Waals surface area contributed by atoms with Crippen LogP contribution in [-0.2, 0) is 6.42 Å². The van der Waals surface area contributed by atoms with Crippen LogP contribution in [0.4, 0.5) is 23.1 Å². The van der Waals surface area contributed by atoms with Gasteiger partial charge in [-0.2, -0.15) is 4.98 Å². The van der Waals surface area contributed by atoms with Gasteiger partial charge in [-0.3, -0.25) is 0 Å². The first-order valence-corrected chi connectivity index (χ1v) is 8.73. The third kappa shape index (κ3) is 2.87. The number of benzene rings is 2. The van der Waals surface area contributed by atoms with Crippen molar-refractivity contribution in [1.29, 1.82) is 0 Å². The van der Waals surface area contributed by atoms with E-state index in [9.17, 15) is 0 Å². The topological polar surface area (TPSA) is 41.1 Å². The molecular formula is C19H17BrN4. The predicted molar refractivity (Wildman–Crippen MR) is 101 cm³/mol. The van der Waals surface area contributed by atoms with Crippen LogP contribution in [0.15, 0.2) is 65.3 Å². The number of hydrogen-bond donors (Lipinski definition) is 1. The number of aromatic nitrogens is 2. The zero-order valence-electron chi connectivity index (χ0n) is 13.3. The number of rotatable bonds is 3. The first-order chi connectivity index (χ1) is 11.7. The molecule has 1 N–H and O–H groups in total. The lowest BCUT2D eigenvalue weighted by atomic mass is 10.1. The molecule has 0 amide bonds. The van der Waals surface area contributed by atoms with Crippen molar-refractivity contribution in [3.05, 3.63) is 70.8 Å². The molecule has 0 saturated heterocycles. The number of nitrogens with zero attached hydrogens (tertiary/aromatic N) is 3. The summed E-state index contributed by atoms with van der Waals surface area (Å²) in [7, 11) is 0. The van der Waals surface area contributed by atoms with Gasteiger partial charge in [-0.1, -0.05) is 40.2 Å². The lowest BCUT2D eigenvalue weighted by Crippen LogP contribution is -2.25. The minimum Gasteiger partial charge on any atom is -0.340 e. The molecule has 0 radical (unpaired) electrons. The fraction of sp³-hybridized carbons (Fsp3) is 0.158. The number of halogens is 1. The molecule has 1 aromatic heterocycles. The van der Waals surface area contributed by atoms with E-state index < -0.39 is 0 Å².